The minimum Gasteiger partial charge on any atom is -0.467 e. The molecule has 0 aliphatic carbocycles. The molecule has 1 aliphatic heterocycles. The van der Waals surface area contributed by atoms with Crippen molar-refractivity contribution in [1.29, 1.82) is 0 Å². The summed E-state index contributed by atoms with van der Waals surface area (Å²) in [6, 6.07) is 16.8. The molecule has 3 aromatic rings. The lowest BCUT2D eigenvalue weighted by atomic mass is 9.88. The zero-order valence-electron chi connectivity index (χ0n) is 19.5. The van der Waals surface area contributed by atoms with Gasteiger partial charge in [0, 0.05) is 29.2 Å². The van der Waals surface area contributed by atoms with E-state index in [4.69, 9.17) is 16.0 Å². The van der Waals surface area contributed by atoms with E-state index in [-0.39, 0.29) is 30.2 Å². The standard InChI is InChI=1S/C27H28ClN3O4/c1-18-4-6-20(7-5-18)25(32)30-24(26(33)29-17-23-3-2-16-35-23)19-12-14-31(15-13-19)27(34)21-8-10-22(28)11-9-21/h2-11,16,19,24H,12-15,17H2,1H3,(H,29,33)(H,30,32)/t24-/m0/s1. The Labute approximate surface area is 209 Å². The molecular weight excluding hydrogens is 466 g/mol. The van der Waals surface area contributed by atoms with Gasteiger partial charge in [-0.1, -0.05) is 29.3 Å². The van der Waals surface area contributed by atoms with Crippen molar-refractivity contribution in [3.8, 4) is 0 Å². The van der Waals surface area contributed by atoms with Crippen LogP contribution in [0, 0.1) is 12.8 Å². The Morgan fingerprint density at radius 2 is 1.66 bits per heavy atom. The van der Waals surface area contributed by atoms with Crippen LogP contribution in [0.25, 0.3) is 0 Å². The fourth-order valence-corrected chi connectivity index (χ4v) is 4.36. The summed E-state index contributed by atoms with van der Waals surface area (Å²) in [7, 11) is 0. The molecule has 0 bridgehead atoms. The second-order valence-electron chi connectivity index (χ2n) is 8.75. The second-order valence-corrected chi connectivity index (χ2v) is 9.19. The Hall–Kier alpha value is -3.58. The van der Waals surface area contributed by atoms with Gasteiger partial charge in [0.2, 0.25) is 5.91 Å². The number of rotatable bonds is 7. The van der Waals surface area contributed by atoms with Crippen LogP contribution in [0.2, 0.25) is 5.02 Å². The monoisotopic (exact) mass is 493 g/mol. The van der Waals surface area contributed by atoms with Crippen molar-refractivity contribution in [3.63, 3.8) is 0 Å². The zero-order valence-corrected chi connectivity index (χ0v) is 20.3. The van der Waals surface area contributed by atoms with E-state index in [0.29, 0.717) is 47.8 Å². The van der Waals surface area contributed by atoms with Crippen molar-refractivity contribution in [1.82, 2.24) is 15.5 Å². The highest BCUT2D eigenvalue weighted by molar-refractivity contribution is 6.30. The topological polar surface area (TPSA) is 91.7 Å². The van der Waals surface area contributed by atoms with Gasteiger partial charge in [-0.05, 0) is 74.2 Å². The predicted molar refractivity (Wildman–Crippen MR) is 133 cm³/mol. The van der Waals surface area contributed by atoms with Crippen LogP contribution in [0.5, 0.6) is 0 Å². The maximum absolute atomic E-state index is 13.2. The number of benzene rings is 2. The van der Waals surface area contributed by atoms with Gasteiger partial charge in [-0.3, -0.25) is 14.4 Å². The largest absolute Gasteiger partial charge is 0.467 e. The summed E-state index contributed by atoms with van der Waals surface area (Å²) in [5.41, 5.74) is 2.12. The summed E-state index contributed by atoms with van der Waals surface area (Å²) in [6.07, 6.45) is 2.73. The molecule has 4 rings (SSSR count). The summed E-state index contributed by atoms with van der Waals surface area (Å²) in [5.74, 6) is -0.129. The number of piperidine rings is 1. The van der Waals surface area contributed by atoms with Crippen molar-refractivity contribution in [2.24, 2.45) is 5.92 Å². The van der Waals surface area contributed by atoms with Crippen LogP contribution in [0.4, 0.5) is 0 Å². The predicted octanol–water partition coefficient (Wildman–Crippen LogP) is 4.21. The Morgan fingerprint density at radius 1 is 1.00 bits per heavy atom. The summed E-state index contributed by atoms with van der Waals surface area (Å²) >= 11 is 5.93. The Kier molecular flexibility index (Phi) is 7.87. The van der Waals surface area contributed by atoms with Gasteiger partial charge in [0.05, 0.1) is 12.8 Å². The number of carbonyl (C=O) groups excluding carboxylic acids is 3. The van der Waals surface area contributed by atoms with Crippen LogP contribution in [-0.2, 0) is 11.3 Å². The van der Waals surface area contributed by atoms with Crippen LogP contribution in [0.1, 0.15) is 44.9 Å². The summed E-state index contributed by atoms with van der Waals surface area (Å²) in [4.78, 5) is 40.8. The molecule has 2 N–H and O–H groups in total. The van der Waals surface area contributed by atoms with E-state index in [1.54, 1.807) is 59.7 Å². The molecule has 2 aromatic carbocycles. The van der Waals surface area contributed by atoms with Crippen molar-refractivity contribution >= 4 is 29.3 Å². The van der Waals surface area contributed by atoms with Crippen molar-refractivity contribution < 1.29 is 18.8 Å². The van der Waals surface area contributed by atoms with Crippen LogP contribution in [0.15, 0.2) is 71.3 Å². The molecule has 3 amide bonds. The third kappa shape index (κ3) is 6.31. The maximum Gasteiger partial charge on any atom is 0.253 e. The summed E-state index contributed by atoms with van der Waals surface area (Å²) in [6.45, 7) is 3.17. The van der Waals surface area contributed by atoms with Gasteiger partial charge in [-0.25, -0.2) is 0 Å². The second kappa shape index (κ2) is 11.2. The van der Waals surface area contributed by atoms with Crippen molar-refractivity contribution in [3.05, 3.63) is 94.4 Å². The fraction of sp³-hybridized carbons (Fsp3) is 0.296. The first-order chi connectivity index (χ1) is 16.9. The normalized spacial score (nSPS) is 14.9. The van der Waals surface area contributed by atoms with Crippen LogP contribution in [0.3, 0.4) is 0 Å². The molecule has 0 unspecified atom stereocenters. The van der Waals surface area contributed by atoms with Gasteiger partial charge < -0.3 is 20.0 Å². The quantitative estimate of drug-likeness (QED) is 0.515. The fourth-order valence-electron chi connectivity index (χ4n) is 4.24. The number of carbonyl (C=O) groups is 3. The molecule has 0 radical (unpaired) electrons. The number of nitrogens with zero attached hydrogens (tertiary/aromatic N) is 1. The third-order valence-corrected chi connectivity index (χ3v) is 6.54. The van der Waals surface area contributed by atoms with E-state index < -0.39 is 6.04 Å². The number of halogens is 1. The molecule has 0 spiro atoms. The average molecular weight is 494 g/mol. The number of furan rings is 1. The van der Waals surface area contributed by atoms with E-state index in [9.17, 15) is 14.4 Å². The maximum atomic E-state index is 13.2. The number of hydrogen-bond donors (Lipinski definition) is 2. The molecule has 1 aromatic heterocycles. The molecule has 8 heteroatoms. The molecule has 1 saturated heterocycles. The Bertz CT molecular complexity index is 1150. The molecule has 1 fully saturated rings. The molecule has 2 heterocycles. The number of likely N-dealkylation sites (tertiary alicyclic amines) is 1. The van der Waals surface area contributed by atoms with Gasteiger partial charge >= 0.3 is 0 Å². The first-order valence-corrected chi connectivity index (χ1v) is 12.0. The molecule has 7 nitrogen and oxygen atoms in total. The van der Waals surface area contributed by atoms with Crippen LogP contribution in [-0.4, -0.2) is 41.8 Å². The number of aryl methyl sites for hydroxylation is 1. The van der Waals surface area contributed by atoms with Crippen molar-refractivity contribution in [2.45, 2.75) is 32.4 Å². The Balaban J connectivity index is 1.43. The minimum atomic E-state index is -0.730. The van der Waals surface area contributed by atoms with Gasteiger partial charge in [-0.15, -0.1) is 0 Å². The smallest absolute Gasteiger partial charge is 0.253 e. The molecule has 182 valence electrons. The van der Waals surface area contributed by atoms with Crippen molar-refractivity contribution in [2.75, 3.05) is 13.1 Å². The van der Waals surface area contributed by atoms with E-state index in [1.807, 2.05) is 19.1 Å². The van der Waals surface area contributed by atoms with Gasteiger partial charge in [0.1, 0.15) is 11.8 Å². The lowest BCUT2D eigenvalue weighted by Crippen LogP contribution is -2.53. The SMILES string of the molecule is Cc1ccc(C(=O)N[C@H](C(=O)NCc2ccco2)C2CCN(C(=O)c3ccc(Cl)cc3)CC2)cc1. The molecular formula is C27H28ClN3O4. The van der Waals surface area contributed by atoms with Gasteiger partial charge in [0.25, 0.3) is 11.8 Å². The van der Waals surface area contributed by atoms with E-state index in [0.717, 1.165) is 5.56 Å². The average Bonchev–Trinajstić information content (AvgIpc) is 3.40. The van der Waals surface area contributed by atoms with Gasteiger partial charge in [0.15, 0.2) is 0 Å². The number of hydrogen-bond acceptors (Lipinski definition) is 4. The van der Waals surface area contributed by atoms with E-state index in [1.165, 1.54) is 0 Å². The highest BCUT2D eigenvalue weighted by Crippen LogP contribution is 2.23. The summed E-state index contributed by atoms with van der Waals surface area (Å²) < 4.78 is 5.31. The summed E-state index contributed by atoms with van der Waals surface area (Å²) in [5, 5.41) is 6.38. The van der Waals surface area contributed by atoms with Crippen LogP contribution >= 0.6 is 11.6 Å². The van der Waals surface area contributed by atoms with Gasteiger partial charge in [-0.2, -0.15) is 0 Å². The number of amides is 3. The molecule has 35 heavy (non-hydrogen) atoms. The number of nitrogens with one attached hydrogen (secondary N) is 2. The highest BCUT2D eigenvalue weighted by atomic mass is 35.5. The third-order valence-electron chi connectivity index (χ3n) is 6.29. The van der Waals surface area contributed by atoms with E-state index >= 15 is 0 Å². The minimum absolute atomic E-state index is 0.0670. The molecule has 0 saturated carbocycles. The highest BCUT2D eigenvalue weighted by Gasteiger charge is 2.34. The zero-order chi connectivity index (χ0) is 24.8. The molecule has 1 aliphatic rings. The first kappa shape index (κ1) is 24.5. The lowest BCUT2D eigenvalue weighted by molar-refractivity contribution is -0.124. The van der Waals surface area contributed by atoms with E-state index in [2.05, 4.69) is 10.6 Å². The molecule has 1 atom stereocenters. The first-order valence-electron chi connectivity index (χ1n) is 11.6. The lowest BCUT2D eigenvalue weighted by Gasteiger charge is -2.36. The Morgan fingerprint density at radius 3 is 2.29 bits per heavy atom. The van der Waals surface area contributed by atoms with Crippen LogP contribution < -0.4 is 10.6 Å².